The molecule has 6 heteroatoms. The summed E-state index contributed by atoms with van der Waals surface area (Å²) in [4.78, 5) is 24.3. The number of rotatable bonds is 10. The maximum absolute atomic E-state index is 11.7. The Hall–Kier alpha value is -1.82. The minimum Gasteiger partial charge on any atom is -0.503 e. The first-order valence-corrected chi connectivity index (χ1v) is 7.84. The van der Waals surface area contributed by atoms with Gasteiger partial charge >= 0.3 is 5.97 Å². The van der Waals surface area contributed by atoms with Crippen molar-refractivity contribution in [3.05, 3.63) is 28.2 Å². The van der Waals surface area contributed by atoms with Gasteiger partial charge in [0, 0.05) is 31.3 Å². The van der Waals surface area contributed by atoms with Gasteiger partial charge < -0.3 is 14.8 Å². The topological polar surface area (TPSA) is 82.8 Å². The molecule has 0 amide bonds. The van der Waals surface area contributed by atoms with Crippen molar-refractivity contribution in [2.45, 2.75) is 52.6 Å². The molecule has 0 bridgehead atoms. The quantitative estimate of drug-likeness (QED) is 0.646. The lowest BCUT2D eigenvalue weighted by atomic mass is 10.2. The summed E-state index contributed by atoms with van der Waals surface area (Å²) in [7, 11) is 0. The van der Waals surface area contributed by atoms with Gasteiger partial charge in [0.15, 0.2) is 5.75 Å². The lowest BCUT2D eigenvalue weighted by molar-refractivity contribution is -0.137. The van der Waals surface area contributed by atoms with Crippen LogP contribution in [0.25, 0.3) is 0 Å². The van der Waals surface area contributed by atoms with Crippen molar-refractivity contribution in [2.24, 2.45) is 0 Å². The van der Waals surface area contributed by atoms with Crippen LogP contribution in [0.4, 0.5) is 0 Å². The number of unbranched alkanes of at least 4 members (excludes halogenated alkanes) is 2. The van der Waals surface area contributed by atoms with Gasteiger partial charge in [-0.2, -0.15) is 0 Å². The predicted molar refractivity (Wildman–Crippen MR) is 85.1 cm³/mol. The SMILES string of the molecule is CCN(CC)Cc1cc(=O)c(O)cn1CCCCCC(=O)O. The highest BCUT2D eigenvalue weighted by Crippen LogP contribution is 2.11. The fraction of sp³-hybridized carbons (Fsp3) is 0.625. The molecule has 0 saturated heterocycles. The zero-order valence-corrected chi connectivity index (χ0v) is 13.4. The van der Waals surface area contributed by atoms with Crippen LogP contribution in [0, 0.1) is 0 Å². The second-order valence-electron chi connectivity index (χ2n) is 5.37. The van der Waals surface area contributed by atoms with Crippen molar-refractivity contribution >= 4 is 5.97 Å². The Morgan fingerprint density at radius 2 is 1.91 bits per heavy atom. The zero-order chi connectivity index (χ0) is 16.5. The third kappa shape index (κ3) is 5.89. The highest BCUT2D eigenvalue weighted by molar-refractivity contribution is 5.66. The summed E-state index contributed by atoms with van der Waals surface area (Å²) < 4.78 is 1.90. The molecule has 0 aromatic carbocycles. The van der Waals surface area contributed by atoms with E-state index in [4.69, 9.17) is 5.11 Å². The molecule has 1 aromatic rings. The van der Waals surface area contributed by atoms with Crippen LogP contribution >= 0.6 is 0 Å². The standard InChI is InChI=1S/C16H26N2O4/c1-3-17(4-2)11-13-10-14(19)15(20)12-18(13)9-7-5-6-8-16(21)22/h10,12,20H,3-9,11H2,1-2H3,(H,21,22). The summed E-state index contributed by atoms with van der Waals surface area (Å²) in [6, 6.07) is 1.49. The number of aromatic hydroxyl groups is 1. The van der Waals surface area contributed by atoms with E-state index in [1.807, 2.05) is 4.57 Å². The summed E-state index contributed by atoms with van der Waals surface area (Å²) in [6.07, 6.45) is 3.94. The van der Waals surface area contributed by atoms with Gasteiger partial charge in [-0.3, -0.25) is 14.5 Å². The largest absolute Gasteiger partial charge is 0.503 e. The molecular formula is C16H26N2O4. The molecular weight excluding hydrogens is 284 g/mol. The fourth-order valence-corrected chi connectivity index (χ4v) is 2.36. The van der Waals surface area contributed by atoms with E-state index in [0.29, 0.717) is 19.5 Å². The molecule has 0 aliphatic rings. The molecule has 0 atom stereocenters. The van der Waals surface area contributed by atoms with Gasteiger partial charge in [-0.15, -0.1) is 0 Å². The minimum atomic E-state index is -0.775. The minimum absolute atomic E-state index is 0.182. The summed E-state index contributed by atoms with van der Waals surface area (Å²) in [5.74, 6) is -1.02. The van der Waals surface area contributed by atoms with Gasteiger partial charge in [0.25, 0.3) is 0 Å². The molecule has 1 rings (SSSR count). The average molecular weight is 310 g/mol. The maximum atomic E-state index is 11.7. The number of carboxylic acids is 1. The Labute approximate surface area is 131 Å². The molecule has 0 unspecified atom stereocenters. The van der Waals surface area contributed by atoms with E-state index in [0.717, 1.165) is 31.6 Å². The van der Waals surface area contributed by atoms with E-state index >= 15 is 0 Å². The molecule has 1 heterocycles. The number of carboxylic acid groups (broad SMARTS) is 1. The van der Waals surface area contributed by atoms with Crippen LogP contribution in [0.1, 0.15) is 45.2 Å². The van der Waals surface area contributed by atoms with Crippen LogP contribution in [0.5, 0.6) is 5.75 Å². The molecule has 0 aliphatic carbocycles. The van der Waals surface area contributed by atoms with Crippen molar-refractivity contribution in [1.82, 2.24) is 9.47 Å². The van der Waals surface area contributed by atoms with Crippen molar-refractivity contribution in [3.63, 3.8) is 0 Å². The molecule has 0 spiro atoms. The number of carbonyl (C=O) groups is 1. The number of aliphatic carboxylic acids is 1. The Morgan fingerprint density at radius 1 is 1.23 bits per heavy atom. The highest BCUT2D eigenvalue weighted by Gasteiger charge is 2.09. The summed E-state index contributed by atoms with van der Waals surface area (Å²) in [5, 5.41) is 18.2. The van der Waals surface area contributed by atoms with Gasteiger partial charge in [0.2, 0.25) is 5.43 Å². The second kappa shape index (κ2) is 9.25. The van der Waals surface area contributed by atoms with Crippen molar-refractivity contribution < 1.29 is 15.0 Å². The van der Waals surface area contributed by atoms with E-state index in [1.54, 1.807) is 0 Å². The second-order valence-corrected chi connectivity index (χ2v) is 5.37. The number of hydrogen-bond acceptors (Lipinski definition) is 4. The maximum Gasteiger partial charge on any atom is 0.303 e. The van der Waals surface area contributed by atoms with E-state index in [-0.39, 0.29) is 17.6 Å². The first-order valence-electron chi connectivity index (χ1n) is 7.84. The van der Waals surface area contributed by atoms with Gasteiger partial charge in [-0.25, -0.2) is 0 Å². The fourth-order valence-electron chi connectivity index (χ4n) is 2.36. The van der Waals surface area contributed by atoms with E-state index < -0.39 is 5.97 Å². The normalized spacial score (nSPS) is 11.0. The Morgan fingerprint density at radius 3 is 2.50 bits per heavy atom. The predicted octanol–water partition coefficient (Wildman–Crippen LogP) is 2.04. The van der Waals surface area contributed by atoms with E-state index in [1.165, 1.54) is 12.3 Å². The molecule has 0 aliphatic heterocycles. The molecule has 22 heavy (non-hydrogen) atoms. The van der Waals surface area contributed by atoms with Crippen molar-refractivity contribution in [2.75, 3.05) is 13.1 Å². The summed E-state index contributed by atoms with van der Waals surface area (Å²) >= 11 is 0. The average Bonchev–Trinajstić information content (AvgIpc) is 2.48. The van der Waals surface area contributed by atoms with Crippen LogP contribution in [0.2, 0.25) is 0 Å². The van der Waals surface area contributed by atoms with Gasteiger partial charge in [0.05, 0.1) is 6.20 Å². The monoisotopic (exact) mass is 310 g/mol. The smallest absolute Gasteiger partial charge is 0.303 e. The molecule has 2 N–H and O–H groups in total. The van der Waals surface area contributed by atoms with Crippen LogP contribution in [0.3, 0.4) is 0 Å². The summed E-state index contributed by atoms with van der Waals surface area (Å²) in [6.45, 7) is 7.26. The molecule has 1 aromatic heterocycles. The Balaban J connectivity index is 2.72. The summed E-state index contributed by atoms with van der Waals surface area (Å²) in [5.41, 5.74) is 0.522. The molecule has 6 nitrogen and oxygen atoms in total. The zero-order valence-electron chi connectivity index (χ0n) is 13.4. The highest BCUT2D eigenvalue weighted by atomic mass is 16.4. The number of nitrogens with zero attached hydrogens (tertiary/aromatic N) is 2. The number of aryl methyl sites for hydroxylation is 1. The first-order chi connectivity index (χ1) is 10.5. The molecule has 0 fully saturated rings. The molecule has 0 radical (unpaired) electrons. The van der Waals surface area contributed by atoms with Crippen molar-refractivity contribution in [3.8, 4) is 5.75 Å². The Kier molecular flexibility index (Phi) is 7.66. The Bertz CT molecular complexity index is 535. The van der Waals surface area contributed by atoms with Crippen LogP contribution in [-0.2, 0) is 17.9 Å². The van der Waals surface area contributed by atoms with Gasteiger partial charge in [0.1, 0.15) is 0 Å². The van der Waals surface area contributed by atoms with Gasteiger partial charge in [-0.1, -0.05) is 20.3 Å². The van der Waals surface area contributed by atoms with Crippen molar-refractivity contribution in [1.29, 1.82) is 0 Å². The number of pyridine rings is 1. The van der Waals surface area contributed by atoms with E-state index in [2.05, 4.69) is 18.7 Å². The lowest BCUT2D eigenvalue weighted by Crippen LogP contribution is -2.25. The molecule has 0 saturated carbocycles. The van der Waals surface area contributed by atoms with Crippen LogP contribution < -0.4 is 5.43 Å². The lowest BCUT2D eigenvalue weighted by Gasteiger charge is -2.21. The molecule has 124 valence electrons. The third-order valence-electron chi connectivity index (χ3n) is 3.77. The van der Waals surface area contributed by atoms with E-state index in [9.17, 15) is 14.7 Å². The number of aromatic nitrogens is 1. The third-order valence-corrected chi connectivity index (χ3v) is 3.77. The van der Waals surface area contributed by atoms with Crippen LogP contribution in [-0.4, -0.2) is 38.7 Å². The van der Waals surface area contributed by atoms with Gasteiger partial charge in [-0.05, 0) is 25.9 Å². The first kappa shape index (κ1) is 18.2. The van der Waals surface area contributed by atoms with Crippen LogP contribution in [0.15, 0.2) is 17.1 Å². The number of hydrogen-bond donors (Lipinski definition) is 2.